The number of methoxy groups -OCH3 is 1. The van der Waals surface area contributed by atoms with Crippen LogP contribution >= 0.6 is 0 Å². The summed E-state index contributed by atoms with van der Waals surface area (Å²) in [6, 6.07) is 51.3. The lowest BCUT2D eigenvalue weighted by Gasteiger charge is -2.19. The molecule has 0 saturated heterocycles. The molecule has 8 rings (SSSR count). The van der Waals surface area contributed by atoms with Gasteiger partial charge in [0.15, 0.2) is 0 Å². The van der Waals surface area contributed by atoms with Gasteiger partial charge in [0.1, 0.15) is 5.75 Å². The summed E-state index contributed by atoms with van der Waals surface area (Å²) in [5.41, 5.74) is 12.6. The van der Waals surface area contributed by atoms with E-state index in [1.807, 2.05) is 24.4 Å². The van der Waals surface area contributed by atoms with Gasteiger partial charge in [-0.1, -0.05) is 106 Å². The van der Waals surface area contributed by atoms with Gasteiger partial charge in [-0.25, -0.2) is 4.98 Å². The van der Waals surface area contributed by atoms with Crippen molar-refractivity contribution in [2.24, 2.45) is 0 Å². The minimum Gasteiger partial charge on any atom is -0.496 e. The molecule has 0 atom stereocenters. The Hall–Kier alpha value is -6.00. The summed E-state index contributed by atoms with van der Waals surface area (Å²) in [4.78, 5) is 10.0. The molecule has 5 aromatic carbocycles. The molecule has 238 valence electrons. The molecule has 0 fully saturated rings. The first-order chi connectivity index (χ1) is 23.9. The molecule has 0 N–H and O–H groups in total. The maximum atomic E-state index is 5.83. The number of benzene rings is 5. The smallest absolute Gasteiger partial charge is 0.128 e. The highest BCUT2D eigenvalue weighted by atomic mass is 16.5. The van der Waals surface area contributed by atoms with Crippen molar-refractivity contribution >= 4 is 21.8 Å². The van der Waals surface area contributed by atoms with Crippen LogP contribution in [0.5, 0.6) is 5.75 Å². The van der Waals surface area contributed by atoms with Crippen molar-refractivity contribution < 1.29 is 4.74 Å². The summed E-state index contributed by atoms with van der Waals surface area (Å²) in [7, 11) is 1.71. The second-order valence-corrected chi connectivity index (χ2v) is 13.5. The fourth-order valence-corrected chi connectivity index (χ4v) is 6.82. The molecule has 4 nitrogen and oxygen atoms in total. The fourth-order valence-electron chi connectivity index (χ4n) is 6.82. The van der Waals surface area contributed by atoms with Crippen molar-refractivity contribution in [1.29, 1.82) is 0 Å². The van der Waals surface area contributed by atoms with Gasteiger partial charge in [-0.2, -0.15) is 0 Å². The standard InChI is InChI=1S/C45H37N3O/c1-45(2,3)33-24-25-46-38(29-33)30-14-13-15-31(26-30)39-27-32(28-40(47-39)37-19-8-12-23-44(37)49-4)34-16-5-9-20-41(34)48-42-21-10-6-17-35(42)36-18-7-11-22-43(36)48/h5-29H,1-4H3. The van der Waals surface area contributed by atoms with E-state index in [9.17, 15) is 0 Å². The predicted octanol–water partition coefficient (Wildman–Crippen LogP) is 11.5. The molecule has 4 heteroatoms. The number of fused-ring (bicyclic) bond motifs is 3. The Balaban J connectivity index is 1.35. The van der Waals surface area contributed by atoms with Gasteiger partial charge in [0.25, 0.3) is 0 Å². The van der Waals surface area contributed by atoms with Crippen molar-refractivity contribution in [3.05, 3.63) is 157 Å². The minimum absolute atomic E-state index is 0.0264. The molecule has 49 heavy (non-hydrogen) atoms. The highest BCUT2D eigenvalue weighted by Gasteiger charge is 2.19. The molecule has 3 heterocycles. The molecule has 0 spiro atoms. The Morgan fingerprint density at radius 1 is 0.531 bits per heavy atom. The van der Waals surface area contributed by atoms with E-state index in [0.29, 0.717) is 0 Å². The zero-order valence-corrected chi connectivity index (χ0v) is 28.2. The third-order valence-corrected chi connectivity index (χ3v) is 9.32. The van der Waals surface area contributed by atoms with Crippen LogP contribution in [0.3, 0.4) is 0 Å². The van der Waals surface area contributed by atoms with Crippen molar-refractivity contribution in [2.45, 2.75) is 26.2 Å². The summed E-state index contributed by atoms with van der Waals surface area (Å²) in [6.07, 6.45) is 1.91. The first-order valence-corrected chi connectivity index (χ1v) is 16.7. The number of hydrogen-bond acceptors (Lipinski definition) is 3. The highest BCUT2D eigenvalue weighted by molar-refractivity contribution is 6.09. The summed E-state index contributed by atoms with van der Waals surface area (Å²) >= 11 is 0. The van der Waals surface area contributed by atoms with Crippen LogP contribution in [0, 0.1) is 0 Å². The molecule has 0 radical (unpaired) electrons. The topological polar surface area (TPSA) is 39.9 Å². The maximum Gasteiger partial charge on any atom is 0.128 e. The average Bonchev–Trinajstić information content (AvgIpc) is 3.48. The van der Waals surface area contributed by atoms with Crippen LogP contribution in [0.25, 0.3) is 72.4 Å². The molecule has 0 unspecified atom stereocenters. The number of nitrogens with zero attached hydrogens (tertiary/aromatic N) is 3. The average molecular weight is 636 g/mol. The summed E-state index contributed by atoms with van der Waals surface area (Å²) in [5, 5.41) is 2.47. The van der Waals surface area contributed by atoms with Gasteiger partial charge < -0.3 is 9.30 Å². The first kappa shape index (κ1) is 30.3. The van der Waals surface area contributed by atoms with E-state index < -0.39 is 0 Å². The third-order valence-electron chi connectivity index (χ3n) is 9.32. The second-order valence-electron chi connectivity index (χ2n) is 13.5. The van der Waals surface area contributed by atoms with Gasteiger partial charge in [-0.3, -0.25) is 4.98 Å². The lowest BCUT2D eigenvalue weighted by atomic mass is 9.87. The Morgan fingerprint density at radius 2 is 1.14 bits per heavy atom. The third kappa shape index (κ3) is 5.55. The van der Waals surface area contributed by atoms with E-state index >= 15 is 0 Å². The number of rotatable bonds is 6. The summed E-state index contributed by atoms with van der Waals surface area (Å²) < 4.78 is 8.22. The zero-order valence-electron chi connectivity index (χ0n) is 28.2. The minimum atomic E-state index is 0.0264. The SMILES string of the molecule is COc1ccccc1-c1cc(-c2ccccc2-n2c3ccccc3c3ccccc32)cc(-c2cccc(-c3cc(C(C)(C)C)ccn3)c2)n1. The van der Waals surface area contributed by atoms with E-state index in [2.05, 4.69) is 153 Å². The number of aromatic nitrogens is 3. The largest absolute Gasteiger partial charge is 0.496 e. The number of para-hydroxylation sites is 4. The van der Waals surface area contributed by atoms with Crippen molar-refractivity contribution in [2.75, 3.05) is 7.11 Å². The van der Waals surface area contributed by atoms with Crippen LogP contribution < -0.4 is 4.74 Å². The lowest BCUT2D eigenvalue weighted by molar-refractivity contribution is 0.416. The van der Waals surface area contributed by atoms with Crippen LogP contribution in [0.4, 0.5) is 0 Å². The van der Waals surface area contributed by atoms with E-state index in [4.69, 9.17) is 14.7 Å². The first-order valence-electron chi connectivity index (χ1n) is 16.7. The summed E-state index contributed by atoms with van der Waals surface area (Å²) in [5.74, 6) is 0.783. The van der Waals surface area contributed by atoms with Crippen LogP contribution in [-0.4, -0.2) is 21.6 Å². The molecule has 8 aromatic rings. The molecular weight excluding hydrogens is 599 g/mol. The molecule has 0 amide bonds. The zero-order chi connectivity index (χ0) is 33.5. The van der Waals surface area contributed by atoms with Crippen LogP contribution in [-0.2, 0) is 5.41 Å². The van der Waals surface area contributed by atoms with E-state index in [0.717, 1.165) is 56.3 Å². The molecule has 0 aliphatic carbocycles. The fraction of sp³-hybridized carbons (Fsp3) is 0.111. The van der Waals surface area contributed by atoms with Crippen molar-refractivity contribution in [3.8, 4) is 56.3 Å². The van der Waals surface area contributed by atoms with Gasteiger partial charge in [-0.15, -0.1) is 0 Å². The Morgan fingerprint density at radius 3 is 1.86 bits per heavy atom. The normalized spacial score (nSPS) is 11.7. The number of hydrogen-bond donors (Lipinski definition) is 0. The number of ether oxygens (including phenoxy) is 1. The quantitative estimate of drug-likeness (QED) is 0.182. The Kier molecular flexibility index (Phi) is 7.57. The monoisotopic (exact) mass is 635 g/mol. The maximum absolute atomic E-state index is 5.83. The van der Waals surface area contributed by atoms with Crippen LogP contribution in [0.1, 0.15) is 26.3 Å². The van der Waals surface area contributed by atoms with E-state index in [-0.39, 0.29) is 5.41 Å². The Bertz CT molecular complexity index is 2430. The van der Waals surface area contributed by atoms with E-state index in [1.54, 1.807) is 7.11 Å². The van der Waals surface area contributed by atoms with Gasteiger partial charge in [0, 0.05) is 39.2 Å². The molecule has 0 saturated carbocycles. The molecule has 0 aliphatic rings. The lowest BCUT2D eigenvalue weighted by Crippen LogP contribution is -2.11. The molecular formula is C45H37N3O. The number of pyridine rings is 2. The van der Waals surface area contributed by atoms with Gasteiger partial charge in [0.05, 0.1) is 40.9 Å². The second kappa shape index (κ2) is 12.2. The molecule has 3 aromatic heterocycles. The van der Waals surface area contributed by atoms with E-state index in [1.165, 1.54) is 27.4 Å². The predicted molar refractivity (Wildman–Crippen MR) is 203 cm³/mol. The van der Waals surface area contributed by atoms with Gasteiger partial charge in [-0.05, 0) is 77.2 Å². The van der Waals surface area contributed by atoms with Gasteiger partial charge in [0.2, 0.25) is 0 Å². The van der Waals surface area contributed by atoms with Crippen molar-refractivity contribution in [3.63, 3.8) is 0 Å². The van der Waals surface area contributed by atoms with Crippen LogP contribution in [0.15, 0.2) is 152 Å². The molecule has 0 bridgehead atoms. The van der Waals surface area contributed by atoms with Gasteiger partial charge >= 0.3 is 0 Å². The summed E-state index contributed by atoms with van der Waals surface area (Å²) in [6.45, 7) is 6.69. The highest BCUT2D eigenvalue weighted by Crippen LogP contribution is 2.39. The Labute approximate surface area is 287 Å². The van der Waals surface area contributed by atoms with Crippen LogP contribution in [0.2, 0.25) is 0 Å². The van der Waals surface area contributed by atoms with Crippen molar-refractivity contribution in [1.82, 2.24) is 14.5 Å². The molecule has 0 aliphatic heterocycles.